The van der Waals surface area contributed by atoms with Gasteiger partial charge in [-0.1, -0.05) is 0 Å². The number of fused-ring (bicyclic) bond motifs is 3. The largest absolute Gasteiger partial charge is 0.507 e. The zero-order valence-corrected chi connectivity index (χ0v) is 13.5. The van der Waals surface area contributed by atoms with E-state index in [9.17, 15) is 14.7 Å². The molecular weight excluding hydrogens is 294 g/mol. The third-order valence-corrected chi connectivity index (χ3v) is 4.26. The van der Waals surface area contributed by atoms with Crippen molar-refractivity contribution in [2.75, 3.05) is 14.1 Å². The highest BCUT2D eigenvalue weighted by Gasteiger charge is 2.23. The highest BCUT2D eigenvalue weighted by Crippen LogP contribution is 2.35. The summed E-state index contributed by atoms with van der Waals surface area (Å²) in [6.07, 6.45) is 5.46. The lowest BCUT2D eigenvalue weighted by atomic mass is 9.98. The van der Waals surface area contributed by atoms with Crippen LogP contribution in [0.4, 0.5) is 0 Å². The van der Waals surface area contributed by atoms with Crippen LogP contribution in [0.1, 0.15) is 33.5 Å². The Morgan fingerprint density at radius 3 is 2.70 bits per heavy atom. The summed E-state index contributed by atoms with van der Waals surface area (Å²) in [6.45, 7) is 1.66. The van der Waals surface area contributed by atoms with Crippen molar-refractivity contribution in [3.05, 3.63) is 51.0 Å². The Bertz CT molecular complexity index is 890. The molecule has 1 aromatic carbocycles. The predicted octanol–water partition coefficient (Wildman–Crippen LogP) is 2.55. The van der Waals surface area contributed by atoms with Gasteiger partial charge in [0.15, 0.2) is 5.78 Å². The molecule has 0 bridgehead atoms. The van der Waals surface area contributed by atoms with Crippen LogP contribution >= 0.6 is 0 Å². The van der Waals surface area contributed by atoms with Crippen LogP contribution in [-0.4, -0.2) is 29.9 Å². The smallest absolute Gasteiger partial charge is 0.339 e. The summed E-state index contributed by atoms with van der Waals surface area (Å²) in [7, 11) is 3.63. The third-order valence-electron chi connectivity index (χ3n) is 4.26. The number of carbonyl (C=O) groups excluding carboxylic acids is 1. The monoisotopic (exact) mass is 313 g/mol. The molecule has 1 N–H and O–H groups in total. The Kier molecular flexibility index (Phi) is 3.72. The summed E-state index contributed by atoms with van der Waals surface area (Å²) < 4.78 is 5.40. The van der Waals surface area contributed by atoms with Crippen molar-refractivity contribution >= 4 is 16.8 Å². The van der Waals surface area contributed by atoms with Crippen molar-refractivity contribution in [3.8, 4) is 5.75 Å². The molecule has 0 fully saturated rings. The molecule has 2 aromatic rings. The molecule has 1 aliphatic carbocycles. The molecule has 0 unspecified atom stereocenters. The number of benzene rings is 1. The van der Waals surface area contributed by atoms with E-state index in [0.717, 1.165) is 23.8 Å². The number of allylic oxidation sites excluding steroid dienone is 1. The first-order valence-electron chi connectivity index (χ1n) is 7.60. The maximum Gasteiger partial charge on any atom is 0.339 e. The van der Waals surface area contributed by atoms with Crippen LogP contribution in [0.2, 0.25) is 0 Å². The molecule has 0 atom stereocenters. The van der Waals surface area contributed by atoms with E-state index in [2.05, 4.69) is 0 Å². The molecule has 0 saturated heterocycles. The quantitative estimate of drug-likeness (QED) is 0.536. The molecule has 120 valence electrons. The lowest BCUT2D eigenvalue weighted by Gasteiger charge is -2.11. The van der Waals surface area contributed by atoms with E-state index < -0.39 is 0 Å². The molecule has 1 aromatic heterocycles. The summed E-state index contributed by atoms with van der Waals surface area (Å²) in [5, 5.41) is 11.1. The molecular formula is C18H19NO4. The number of nitrogens with zero attached hydrogens (tertiary/aromatic N) is 1. The van der Waals surface area contributed by atoms with Crippen molar-refractivity contribution in [3.63, 3.8) is 0 Å². The zero-order valence-electron chi connectivity index (χ0n) is 13.5. The molecule has 23 heavy (non-hydrogen) atoms. The van der Waals surface area contributed by atoms with Gasteiger partial charge in [0.25, 0.3) is 0 Å². The van der Waals surface area contributed by atoms with Gasteiger partial charge in [0.05, 0.1) is 5.56 Å². The van der Waals surface area contributed by atoms with E-state index in [1.807, 2.05) is 14.1 Å². The Hall–Kier alpha value is -2.56. The number of rotatable bonds is 3. The number of phenols is 1. The molecule has 0 amide bonds. The number of aromatic hydroxyl groups is 1. The van der Waals surface area contributed by atoms with Crippen molar-refractivity contribution in [2.24, 2.45) is 0 Å². The lowest BCUT2D eigenvalue weighted by Crippen LogP contribution is -2.09. The highest BCUT2D eigenvalue weighted by atomic mass is 16.4. The van der Waals surface area contributed by atoms with E-state index in [1.54, 1.807) is 24.1 Å². The van der Waals surface area contributed by atoms with Gasteiger partial charge in [0, 0.05) is 42.9 Å². The first-order valence-corrected chi connectivity index (χ1v) is 7.60. The lowest BCUT2D eigenvalue weighted by molar-refractivity contribution is 0.104. The number of ketones is 1. The minimum atomic E-state index is -0.334. The average Bonchev–Trinajstić information content (AvgIpc) is 2.99. The molecule has 0 radical (unpaired) electrons. The van der Waals surface area contributed by atoms with Gasteiger partial charge in [-0.25, -0.2) is 4.79 Å². The van der Waals surface area contributed by atoms with Gasteiger partial charge in [0.2, 0.25) is 0 Å². The second-order valence-corrected chi connectivity index (χ2v) is 6.12. The molecule has 1 aliphatic rings. The SMILES string of the molecule is Cc1c(O)c(C(=O)/C=C/N(C)C)cc2c3c(c(=O)oc12)CCC3. The average molecular weight is 313 g/mol. The summed E-state index contributed by atoms with van der Waals surface area (Å²) in [5.41, 5.74) is 2.35. The maximum atomic E-state index is 12.4. The first kappa shape index (κ1) is 15.3. The Labute approximate surface area is 133 Å². The van der Waals surface area contributed by atoms with E-state index >= 15 is 0 Å². The standard InChI is InChI=1S/C18H19NO4/c1-10-16(21)14(15(20)7-8-19(2)3)9-13-11-5-4-6-12(11)18(22)23-17(10)13/h7-9,21H,4-6H2,1-3H3/b8-7+. The Balaban J connectivity index is 2.26. The number of hydrogen-bond acceptors (Lipinski definition) is 5. The van der Waals surface area contributed by atoms with E-state index in [-0.39, 0.29) is 22.7 Å². The van der Waals surface area contributed by atoms with Crippen LogP contribution in [-0.2, 0) is 12.8 Å². The van der Waals surface area contributed by atoms with Crippen molar-refractivity contribution < 1.29 is 14.3 Å². The van der Waals surface area contributed by atoms with Crippen LogP contribution in [0.15, 0.2) is 27.6 Å². The van der Waals surface area contributed by atoms with Gasteiger partial charge in [-0.05, 0) is 37.8 Å². The topological polar surface area (TPSA) is 70.8 Å². The van der Waals surface area contributed by atoms with Crippen LogP contribution < -0.4 is 5.63 Å². The zero-order chi connectivity index (χ0) is 16.7. The normalized spacial score (nSPS) is 13.7. The van der Waals surface area contributed by atoms with Gasteiger partial charge < -0.3 is 14.4 Å². The Morgan fingerprint density at radius 2 is 2.00 bits per heavy atom. The van der Waals surface area contributed by atoms with Gasteiger partial charge in [-0.2, -0.15) is 0 Å². The first-order chi connectivity index (χ1) is 10.9. The minimum Gasteiger partial charge on any atom is -0.507 e. The van der Waals surface area contributed by atoms with Crippen molar-refractivity contribution in [2.45, 2.75) is 26.2 Å². The van der Waals surface area contributed by atoms with Crippen LogP contribution in [0, 0.1) is 6.92 Å². The number of carbonyl (C=O) groups is 1. The summed E-state index contributed by atoms with van der Waals surface area (Å²) in [6, 6.07) is 1.65. The van der Waals surface area contributed by atoms with E-state index in [1.165, 1.54) is 6.08 Å². The fourth-order valence-electron chi connectivity index (χ4n) is 3.06. The second kappa shape index (κ2) is 5.57. The van der Waals surface area contributed by atoms with Crippen molar-refractivity contribution in [1.29, 1.82) is 0 Å². The summed E-state index contributed by atoms with van der Waals surface area (Å²) >= 11 is 0. The molecule has 0 saturated carbocycles. The van der Waals surface area contributed by atoms with E-state index in [0.29, 0.717) is 23.1 Å². The number of hydrogen-bond donors (Lipinski definition) is 1. The van der Waals surface area contributed by atoms with E-state index in [4.69, 9.17) is 4.42 Å². The molecule has 3 rings (SSSR count). The molecule has 0 aliphatic heterocycles. The van der Waals surface area contributed by atoms with Crippen LogP contribution in [0.25, 0.3) is 11.0 Å². The maximum absolute atomic E-state index is 12.4. The van der Waals surface area contributed by atoms with Crippen molar-refractivity contribution in [1.82, 2.24) is 4.90 Å². The fourth-order valence-corrected chi connectivity index (χ4v) is 3.06. The van der Waals surface area contributed by atoms with Gasteiger partial charge in [0.1, 0.15) is 11.3 Å². The predicted molar refractivity (Wildman–Crippen MR) is 88.1 cm³/mol. The van der Waals surface area contributed by atoms with Crippen LogP contribution in [0.3, 0.4) is 0 Å². The second-order valence-electron chi connectivity index (χ2n) is 6.12. The Morgan fingerprint density at radius 1 is 1.30 bits per heavy atom. The number of aryl methyl sites for hydroxylation is 2. The molecule has 5 nitrogen and oxygen atoms in total. The third kappa shape index (κ3) is 2.52. The van der Waals surface area contributed by atoms with Gasteiger partial charge >= 0.3 is 5.63 Å². The highest BCUT2D eigenvalue weighted by molar-refractivity contribution is 6.09. The summed E-state index contributed by atoms with van der Waals surface area (Å²) in [4.78, 5) is 26.2. The van der Waals surface area contributed by atoms with Gasteiger partial charge in [-0.3, -0.25) is 4.79 Å². The number of phenolic OH excluding ortho intramolecular Hbond substituents is 1. The van der Waals surface area contributed by atoms with Gasteiger partial charge in [-0.15, -0.1) is 0 Å². The van der Waals surface area contributed by atoms with Crippen LogP contribution in [0.5, 0.6) is 5.75 Å². The molecule has 0 spiro atoms. The fraction of sp³-hybridized carbons (Fsp3) is 0.333. The summed E-state index contributed by atoms with van der Waals surface area (Å²) in [5.74, 6) is -0.411. The minimum absolute atomic E-state index is 0.132. The molecule has 1 heterocycles. The molecule has 5 heteroatoms.